The topological polar surface area (TPSA) is 12.0 Å². The van der Waals surface area contributed by atoms with E-state index in [1.807, 2.05) is 17.8 Å². The Bertz CT molecular complexity index is 387. The summed E-state index contributed by atoms with van der Waals surface area (Å²) in [5, 5.41) is 3.45. The van der Waals surface area contributed by atoms with Crippen molar-refractivity contribution in [3.05, 3.63) is 34.1 Å². The first-order valence-electron chi connectivity index (χ1n) is 5.86. The van der Waals surface area contributed by atoms with Gasteiger partial charge >= 0.3 is 0 Å². The van der Waals surface area contributed by atoms with E-state index in [1.54, 1.807) is 6.07 Å². The summed E-state index contributed by atoms with van der Waals surface area (Å²) in [6, 6.07) is 5.18. The van der Waals surface area contributed by atoms with E-state index in [9.17, 15) is 4.39 Å². The largest absolute Gasteiger partial charge is 0.311 e. The lowest BCUT2D eigenvalue weighted by Gasteiger charge is -2.40. The SMILES string of the molecule is CSC1(CNCc2cccc(F)c2Br)CCC1. The highest BCUT2D eigenvalue weighted by Crippen LogP contribution is 2.42. The molecule has 0 spiro atoms. The minimum atomic E-state index is -0.187. The molecule has 1 N–H and O–H groups in total. The lowest BCUT2D eigenvalue weighted by atomic mass is 9.84. The fraction of sp³-hybridized carbons (Fsp3) is 0.538. The predicted octanol–water partition coefficient (Wildman–Crippen LogP) is 3.96. The van der Waals surface area contributed by atoms with Gasteiger partial charge in [0.05, 0.1) is 4.47 Å². The maximum Gasteiger partial charge on any atom is 0.137 e. The molecule has 0 unspecified atom stereocenters. The molecule has 1 saturated carbocycles. The summed E-state index contributed by atoms with van der Waals surface area (Å²) in [6.45, 7) is 1.73. The van der Waals surface area contributed by atoms with Gasteiger partial charge in [-0.3, -0.25) is 0 Å². The first-order chi connectivity index (χ1) is 8.17. The van der Waals surface area contributed by atoms with E-state index in [0.29, 0.717) is 9.22 Å². The molecule has 2 rings (SSSR count). The molecule has 4 heteroatoms. The summed E-state index contributed by atoms with van der Waals surface area (Å²) >= 11 is 5.24. The van der Waals surface area contributed by atoms with Crippen LogP contribution >= 0.6 is 27.7 Å². The zero-order valence-corrected chi connectivity index (χ0v) is 12.3. The van der Waals surface area contributed by atoms with Crippen LogP contribution in [0.1, 0.15) is 24.8 Å². The van der Waals surface area contributed by atoms with Crippen molar-refractivity contribution in [1.82, 2.24) is 5.32 Å². The number of nitrogens with one attached hydrogen (secondary N) is 1. The van der Waals surface area contributed by atoms with Gasteiger partial charge < -0.3 is 5.32 Å². The van der Waals surface area contributed by atoms with Crippen LogP contribution in [0.3, 0.4) is 0 Å². The molecule has 94 valence electrons. The summed E-state index contributed by atoms with van der Waals surface area (Å²) in [5.41, 5.74) is 0.987. The van der Waals surface area contributed by atoms with Crippen LogP contribution in [0.25, 0.3) is 0 Å². The zero-order valence-electron chi connectivity index (χ0n) is 9.93. The van der Waals surface area contributed by atoms with Crippen molar-refractivity contribution in [1.29, 1.82) is 0 Å². The van der Waals surface area contributed by atoms with Gasteiger partial charge in [0.2, 0.25) is 0 Å². The molecule has 1 fully saturated rings. The lowest BCUT2D eigenvalue weighted by molar-refractivity contribution is 0.345. The van der Waals surface area contributed by atoms with Gasteiger partial charge in [0.25, 0.3) is 0 Å². The second-order valence-corrected chi connectivity index (χ2v) is 6.62. The van der Waals surface area contributed by atoms with Crippen LogP contribution in [0, 0.1) is 5.82 Å². The molecule has 0 bridgehead atoms. The van der Waals surface area contributed by atoms with Crippen LogP contribution < -0.4 is 5.32 Å². The molecule has 0 amide bonds. The van der Waals surface area contributed by atoms with Gasteiger partial charge in [-0.25, -0.2) is 4.39 Å². The van der Waals surface area contributed by atoms with Gasteiger partial charge in [-0.15, -0.1) is 0 Å². The van der Waals surface area contributed by atoms with Crippen molar-refractivity contribution in [2.24, 2.45) is 0 Å². The van der Waals surface area contributed by atoms with Crippen molar-refractivity contribution in [3.63, 3.8) is 0 Å². The molecule has 1 aliphatic carbocycles. The molecule has 0 aromatic heterocycles. The van der Waals surface area contributed by atoms with Crippen LogP contribution in [0.2, 0.25) is 0 Å². The normalized spacial score (nSPS) is 17.8. The van der Waals surface area contributed by atoms with Gasteiger partial charge in [0.15, 0.2) is 0 Å². The highest BCUT2D eigenvalue weighted by molar-refractivity contribution is 9.10. The zero-order chi connectivity index (χ0) is 12.3. The quantitative estimate of drug-likeness (QED) is 0.882. The van der Waals surface area contributed by atoms with Crippen LogP contribution in [0.5, 0.6) is 0 Å². The molecule has 0 saturated heterocycles. The third-order valence-electron chi connectivity index (χ3n) is 3.49. The third kappa shape index (κ3) is 3.04. The van der Waals surface area contributed by atoms with Crippen LogP contribution in [0.4, 0.5) is 4.39 Å². The summed E-state index contributed by atoms with van der Waals surface area (Å²) in [6.07, 6.45) is 6.11. The van der Waals surface area contributed by atoms with E-state index in [2.05, 4.69) is 27.5 Å². The average molecular weight is 318 g/mol. The first-order valence-corrected chi connectivity index (χ1v) is 7.87. The van der Waals surface area contributed by atoms with Crippen molar-refractivity contribution in [2.45, 2.75) is 30.6 Å². The van der Waals surface area contributed by atoms with Crippen molar-refractivity contribution < 1.29 is 4.39 Å². The smallest absolute Gasteiger partial charge is 0.137 e. The molecule has 0 aliphatic heterocycles. The van der Waals surface area contributed by atoms with Crippen LogP contribution in [0.15, 0.2) is 22.7 Å². The standard InChI is InChI=1S/C13H17BrFNS/c1-17-13(6-3-7-13)9-16-8-10-4-2-5-11(15)12(10)14/h2,4-5,16H,3,6-9H2,1H3. The Morgan fingerprint density at radius 3 is 2.82 bits per heavy atom. The molecule has 0 atom stereocenters. The Hall–Kier alpha value is -0.0600. The second-order valence-electron chi connectivity index (χ2n) is 4.56. The molecule has 1 aromatic rings. The summed E-state index contributed by atoms with van der Waals surface area (Å²) in [7, 11) is 0. The Morgan fingerprint density at radius 2 is 2.24 bits per heavy atom. The van der Waals surface area contributed by atoms with E-state index in [0.717, 1.165) is 18.7 Å². The van der Waals surface area contributed by atoms with Gasteiger partial charge in [-0.2, -0.15) is 11.8 Å². The number of benzene rings is 1. The Kier molecular flexibility index (Phi) is 4.50. The molecule has 0 radical (unpaired) electrons. The van der Waals surface area contributed by atoms with E-state index in [1.165, 1.54) is 25.3 Å². The maximum absolute atomic E-state index is 13.3. The Balaban J connectivity index is 1.88. The Labute approximate surface area is 115 Å². The Morgan fingerprint density at radius 1 is 1.47 bits per heavy atom. The summed E-state index contributed by atoms with van der Waals surface area (Å²) in [4.78, 5) is 0. The monoisotopic (exact) mass is 317 g/mol. The molecule has 1 nitrogen and oxygen atoms in total. The van der Waals surface area contributed by atoms with Gasteiger partial charge in [-0.05, 0) is 46.7 Å². The van der Waals surface area contributed by atoms with Crippen molar-refractivity contribution >= 4 is 27.7 Å². The van der Waals surface area contributed by atoms with Gasteiger partial charge in [0, 0.05) is 17.8 Å². The second kappa shape index (κ2) is 5.72. The average Bonchev–Trinajstić information content (AvgIpc) is 2.28. The minimum Gasteiger partial charge on any atom is -0.311 e. The number of hydrogen-bond donors (Lipinski definition) is 1. The third-order valence-corrected chi connectivity index (χ3v) is 5.80. The molecular formula is C13H17BrFNS. The fourth-order valence-electron chi connectivity index (χ4n) is 2.13. The van der Waals surface area contributed by atoms with Crippen LogP contribution in [-0.4, -0.2) is 17.5 Å². The number of halogens is 2. The highest BCUT2D eigenvalue weighted by atomic mass is 79.9. The predicted molar refractivity (Wildman–Crippen MR) is 75.9 cm³/mol. The lowest BCUT2D eigenvalue weighted by Crippen LogP contribution is -2.43. The molecule has 0 heterocycles. The summed E-state index contributed by atoms with van der Waals surface area (Å²) < 4.78 is 14.3. The number of hydrogen-bond acceptors (Lipinski definition) is 2. The fourth-order valence-corrected chi connectivity index (χ4v) is 3.48. The minimum absolute atomic E-state index is 0.187. The van der Waals surface area contributed by atoms with Crippen molar-refractivity contribution in [3.8, 4) is 0 Å². The molecule has 1 aliphatic rings. The maximum atomic E-state index is 13.3. The molecular weight excluding hydrogens is 301 g/mol. The number of thioether (sulfide) groups is 1. The van der Waals surface area contributed by atoms with Gasteiger partial charge in [0.1, 0.15) is 5.82 Å². The molecule has 1 aromatic carbocycles. The van der Waals surface area contributed by atoms with E-state index in [4.69, 9.17) is 0 Å². The van der Waals surface area contributed by atoms with Gasteiger partial charge in [-0.1, -0.05) is 18.6 Å². The van der Waals surface area contributed by atoms with E-state index >= 15 is 0 Å². The molecule has 17 heavy (non-hydrogen) atoms. The highest BCUT2D eigenvalue weighted by Gasteiger charge is 2.35. The van der Waals surface area contributed by atoms with Crippen LogP contribution in [-0.2, 0) is 6.54 Å². The van der Waals surface area contributed by atoms with E-state index in [-0.39, 0.29) is 5.82 Å². The number of rotatable bonds is 5. The summed E-state index contributed by atoms with van der Waals surface area (Å²) in [5.74, 6) is -0.187. The van der Waals surface area contributed by atoms with E-state index < -0.39 is 0 Å². The first kappa shape index (κ1) is 13.4. The van der Waals surface area contributed by atoms with Crippen molar-refractivity contribution in [2.75, 3.05) is 12.8 Å².